The van der Waals surface area contributed by atoms with Gasteiger partial charge in [0.15, 0.2) is 0 Å². The van der Waals surface area contributed by atoms with Gasteiger partial charge in [-0.15, -0.1) is 11.3 Å². The topological polar surface area (TPSA) is 50.9 Å². The van der Waals surface area contributed by atoms with Gasteiger partial charge in [-0.05, 0) is 31.5 Å². The number of thiazole rings is 1. The lowest BCUT2D eigenvalue weighted by Crippen LogP contribution is -2.29. The maximum Gasteiger partial charge on any atom is 0.416 e. The predicted octanol–water partition coefficient (Wildman–Crippen LogP) is 3.53. The summed E-state index contributed by atoms with van der Waals surface area (Å²) in [6, 6.07) is 4.79. The molecule has 3 N–H and O–H groups in total. The van der Waals surface area contributed by atoms with Crippen LogP contribution in [0.4, 0.5) is 13.2 Å². The molecule has 1 atom stereocenters. The number of nitrogens with one attached hydrogen (secondary N) is 1. The second-order valence-electron chi connectivity index (χ2n) is 4.80. The van der Waals surface area contributed by atoms with Gasteiger partial charge in [-0.25, -0.2) is 4.98 Å². The Kier molecular flexibility index (Phi) is 4.65. The number of hydrazine groups is 1. The van der Waals surface area contributed by atoms with Gasteiger partial charge in [-0.3, -0.25) is 11.3 Å². The first kappa shape index (κ1) is 15.9. The summed E-state index contributed by atoms with van der Waals surface area (Å²) in [6.07, 6.45) is -3.90. The van der Waals surface area contributed by atoms with Crippen molar-refractivity contribution >= 4 is 11.3 Å². The molecule has 2 rings (SSSR count). The van der Waals surface area contributed by atoms with Crippen molar-refractivity contribution in [1.29, 1.82) is 0 Å². The van der Waals surface area contributed by atoms with Crippen molar-refractivity contribution in [3.8, 4) is 0 Å². The minimum Gasteiger partial charge on any atom is -0.271 e. The SMILES string of the molecule is Cc1nc(CC(NN)c2cccc(C(F)(F)F)c2)sc1C. The first-order chi connectivity index (χ1) is 9.81. The highest BCUT2D eigenvalue weighted by atomic mass is 32.1. The molecule has 0 saturated carbocycles. The summed E-state index contributed by atoms with van der Waals surface area (Å²) in [5.41, 5.74) is 3.34. The molecule has 114 valence electrons. The van der Waals surface area contributed by atoms with Gasteiger partial charge in [0.1, 0.15) is 0 Å². The number of alkyl halides is 3. The Hall–Kier alpha value is -1.44. The highest BCUT2D eigenvalue weighted by Crippen LogP contribution is 2.31. The van der Waals surface area contributed by atoms with Gasteiger partial charge in [0.05, 0.1) is 22.3 Å². The van der Waals surface area contributed by atoms with Crippen LogP contribution in [-0.4, -0.2) is 4.98 Å². The van der Waals surface area contributed by atoms with E-state index in [-0.39, 0.29) is 0 Å². The molecule has 0 aliphatic carbocycles. The third kappa shape index (κ3) is 3.81. The van der Waals surface area contributed by atoms with E-state index in [1.54, 1.807) is 6.07 Å². The lowest BCUT2D eigenvalue weighted by Gasteiger charge is -2.16. The Balaban J connectivity index is 2.25. The summed E-state index contributed by atoms with van der Waals surface area (Å²) in [6.45, 7) is 3.87. The third-order valence-electron chi connectivity index (χ3n) is 3.27. The first-order valence-corrected chi connectivity index (χ1v) is 7.19. The lowest BCUT2D eigenvalue weighted by atomic mass is 10.0. The number of benzene rings is 1. The molecule has 1 aromatic carbocycles. The second-order valence-corrected chi connectivity index (χ2v) is 6.08. The molecule has 1 unspecified atom stereocenters. The van der Waals surface area contributed by atoms with Gasteiger partial charge in [0, 0.05) is 11.3 Å². The second kappa shape index (κ2) is 6.13. The van der Waals surface area contributed by atoms with Crippen molar-refractivity contribution in [1.82, 2.24) is 10.4 Å². The molecule has 1 heterocycles. The number of hydrogen-bond donors (Lipinski definition) is 2. The number of halogens is 3. The molecule has 1 aromatic heterocycles. The van der Waals surface area contributed by atoms with Crippen LogP contribution in [0.25, 0.3) is 0 Å². The van der Waals surface area contributed by atoms with Gasteiger partial charge in [-0.2, -0.15) is 13.2 Å². The molecule has 0 amide bonds. The molecule has 7 heteroatoms. The quantitative estimate of drug-likeness (QED) is 0.670. The molecular weight excluding hydrogens is 299 g/mol. The molecule has 0 radical (unpaired) electrons. The van der Waals surface area contributed by atoms with E-state index >= 15 is 0 Å². The van der Waals surface area contributed by atoms with Crippen molar-refractivity contribution in [2.45, 2.75) is 32.5 Å². The van der Waals surface area contributed by atoms with Gasteiger partial charge in [0.25, 0.3) is 0 Å². The number of nitrogens with zero attached hydrogens (tertiary/aromatic N) is 1. The zero-order chi connectivity index (χ0) is 15.6. The summed E-state index contributed by atoms with van der Waals surface area (Å²) in [5, 5.41) is 0.852. The summed E-state index contributed by atoms with van der Waals surface area (Å²) in [4.78, 5) is 5.50. The van der Waals surface area contributed by atoms with Crippen molar-refractivity contribution in [2.24, 2.45) is 5.84 Å². The van der Waals surface area contributed by atoms with Crippen molar-refractivity contribution in [3.05, 3.63) is 51.0 Å². The van der Waals surface area contributed by atoms with Crippen LogP contribution in [0.5, 0.6) is 0 Å². The standard InChI is InChI=1S/C14H16F3N3S/c1-8-9(2)21-13(19-8)7-12(20-18)10-4-3-5-11(6-10)14(15,16)17/h3-6,12,20H,7,18H2,1-2H3. The molecule has 3 nitrogen and oxygen atoms in total. The molecule has 0 bridgehead atoms. The Morgan fingerprint density at radius 1 is 1.33 bits per heavy atom. The van der Waals surface area contributed by atoms with Crippen LogP contribution in [-0.2, 0) is 12.6 Å². The lowest BCUT2D eigenvalue weighted by molar-refractivity contribution is -0.137. The highest BCUT2D eigenvalue weighted by Gasteiger charge is 2.31. The molecule has 0 fully saturated rings. The van der Waals surface area contributed by atoms with Crippen LogP contribution < -0.4 is 11.3 Å². The van der Waals surface area contributed by atoms with E-state index in [4.69, 9.17) is 5.84 Å². The van der Waals surface area contributed by atoms with Crippen LogP contribution in [0, 0.1) is 13.8 Å². The van der Waals surface area contributed by atoms with Gasteiger partial charge in [0.2, 0.25) is 0 Å². The summed E-state index contributed by atoms with van der Waals surface area (Å²) in [5.74, 6) is 5.50. The first-order valence-electron chi connectivity index (χ1n) is 6.37. The largest absolute Gasteiger partial charge is 0.416 e. The van der Waals surface area contributed by atoms with Crippen molar-refractivity contribution < 1.29 is 13.2 Å². The van der Waals surface area contributed by atoms with E-state index in [1.165, 1.54) is 17.4 Å². The third-order valence-corrected chi connectivity index (χ3v) is 4.36. The van der Waals surface area contributed by atoms with E-state index in [9.17, 15) is 13.2 Å². The van der Waals surface area contributed by atoms with E-state index in [2.05, 4.69) is 10.4 Å². The minimum atomic E-state index is -4.36. The number of nitrogens with two attached hydrogens (primary N) is 1. The van der Waals surface area contributed by atoms with Crippen molar-refractivity contribution in [2.75, 3.05) is 0 Å². The van der Waals surface area contributed by atoms with E-state index in [1.807, 2.05) is 13.8 Å². The number of aryl methyl sites for hydroxylation is 2. The van der Waals surface area contributed by atoms with Crippen molar-refractivity contribution in [3.63, 3.8) is 0 Å². The minimum absolute atomic E-state index is 0.405. The zero-order valence-electron chi connectivity index (χ0n) is 11.7. The van der Waals surface area contributed by atoms with E-state index < -0.39 is 17.8 Å². The van der Waals surface area contributed by atoms with E-state index in [0.29, 0.717) is 12.0 Å². The Labute approximate surface area is 125 Å². The van der Waals surface area contributed by atoms with Crippen LogP contribution >= 0.6 is 11.3 Å². The highest BCUT2D eigenvalue weighted by molar-refractivity contribution is 7.11. The molecule has 21 heavy (non-hydrogen) atoms. The summed E-state index contributed by atoms with van der Waals surface area (Å²) in [7, 11) is 0. The Bertz CT molecular complexity index is 603. The summed E-state index contributed by atoms with van der Waals surface area (Å²) >= 11 is 1.53. The smallest absolute Gasteiger partial charge is 0.271 e. The predicted molar refractivity (Wildman–Crippen MR) is 76.8 cm³/mol. The molecule has 0 spiro atoms. The maximum atomic E-state index is 12.8. The fourth-order valence-corrected chi connectivity index (χ4v) is 2.99. The Morgan fingerprint density at radius 3 is 2.57 bits per heavy atom. The fraction of sp³-hybridized carbons (Fsp3) is 0.357. The van der Waals surface area contributed by atoms with Crippen LogP contribution in [0.3, 0.4) is 0 Å². The normalized spacial score (nSPS) is 13.4. The van der Waals surface area contributed by atoms with Gasteiger partial charge < -0.3 is 0 Å². The number of rotatable bonds is 4. The van der Waals surface area contributed by atoms with Crippen LogP contribution in [0.1, 0.15) is 32.7 Å². The van der Waals surface area contributed by atoms with Gasteiger partial charge in [-0.1, -0.05) is 12.1 Å². The Morgan fingerprint density at radius 2 is 2.05 bits per heavy atom. The van der Waals surface area contributed by atoms with Crippen LogP contribution in [0.15, 0.2) is 24.3 Å². The zero-order valence-corrected chi connectivity index (χ0v) is 12.5. The number of hydrogen-bond acceptors (Lipinski definition) is 4. The van der Waals surface area contributed by atoms with Crippen LogP contribution in [0.2, 0.25) is 0 Å². The molecule has 0 saturated heterocycles. The average Bonchev–Trinajstić information content (AvgIpc) is 2.74. The average molecular weight is 315 g/mol. The molecular formula is C14H16F3N3S. The maximum absolute atomic E-state index is 12.8. The van der Waals surface area contributed by atoms with Gasteiger partial charge >= 0.3 is 6.18 Å². The molecule has 0 aliphatic heterocycles. The summed E-state index contributed by atoms with van der Waals surface area (Å²) < 4.78 is 38.3. The number of aromatic nitrogens is 1. The van der Waals surface area contributed by atoms with E-state index in [0.717, 1.165) is 27.7 Å². The molecule has 2 aromatic rings. The molecule has 0 aliphatic rings. The monoisotopic (exact) mass is 315 g/mol. The fourth-order valence-electron chi connectivity index (χ4n) is 2.01.